The number of hydrogen-bond acceptors (Lipinski definition) is 4. The van der Waals surface area contributed by atoms with Crippen LogP contribution in [-0.2, 0) is 16.1 Å². The highest BCUT2D eigenvalue weighted by Gasteiger charge is 2.42. The second-order valence-electron chi connectivity index (χ2n) is 7.53. The molecule has 1 atom stereocenters. The zero-order chi connectivity index (χ0) is 18.8. The summed E-state index contributed by atoms with van der Waals surface area (Å²) in [5.41, 5.74) is 1.08. The van der Waals surface area contributed by atoms with E-state index in [1.54, 1.807) is 7.11 Å². The highest BCUT2D eigenvalue weighted by atomic mass is 16.5. The number of methoxy groups -OCH3 is 1. The quantitative estimate of drug-likeness (QED) is 0.804. The maximum Gasteiger partial charge on any atom is 0.320 e. The Bertz CT molecular complexity index is 687. The molecule has 0 aromatic heterocycles. The molecule has 3 saturated heterocycles. The van der Waals surface area contributed by atoms with Crippen molar-refractivity contribution in [2.75, 3.05) is 46.5 Å². The first-order chi connectivity index (χ1) is 13.2. The molecule has 4 rings (SSSR count). The van der Waals surface area contributed by atoms with Crippen LogP contribution in [0, 0.1) is 5.92 Å². The van der Waals surface area contributed by atoms with E-state index in [4.69, 9.17) is 9.47 Å². The Morgan fingerprint density at radius 1 is 1.15 bits per heavy atom. The van der Waals surface area contributed by atoms with Crippen LogP contribution in [0.15, 0.2) is 24.3 Å². The average Bonchev–Trinajstić information content (AvgIpc) is 3.03. The number of rotatable bonds is 4. The number of hydrogen-bond donors (Lipinski definition) is 0. The third-order valence-corrected chi connectivity index (χ3v) is 5.84. The highest BCUT2D eigenvalue weighted by Crippen LogP contribution is 2.25. The van der Waals surface area contributed by atoms with Gasteiger partial charge in [-0.05, 0) is 30.5 Å². The van der Waals surface area contributed by atoms with Gasteiger partial charge in [-0.1, -0.05) is 12.1 Å². The summed E-state index contributed by atoms with van der Waals surface area (Å²) >= 11 is 0. The molecule has 1 aromatic rings. The third kappa shape index (κ3) is 3.74. The van der Waals surface area contributed by atoms with Crippen molar-refractivity contribution in [3.63, 3.8) is 0 Å². The second-order valence-corrected chi connectivity index (χ2v) is 7.53. The summed E-state index contributed by atoms with van der Waals surface area (Å²) in [6, 6.07) is 7.98. The van der Waals surface area contributed by atoms with Gasteiger partial charge in [-0.25, -0.2) is 4.79 Å². The predicted octanol–water partition coefficient (Wildman–Crippen LogP) is 1.57. The zero-order valence-electron chi connectivity index (χ0n) is 15.8. The molecule has 3 heterocycles. The molecule has 3 aliphatic rings. The highest BCUT2D eigenvalue weighted by molar-refractivity contribution is 5.81. The first-order valence-electron chi connectivity index (χ1n) is 9.70. The maximum atomic E-state index is 12.8. The Morgan fingerprint density at radius 3 is 2.59 bits per heavy atom. The fourth-order valence-corrected chi connectivity index (χ4v) is 4.26. The van der Waals surface area contributed by atoms with Gasteiger partial charge in [0.1, 0.15) is 5.75 Å². The molecule has 3 fully saturated rings. The zero-order valence-corrected chi connectivity index (χ0v) is 15.8. The molecule has 0 saturated carbocycles. The van der Waals surface area contributed by atoms with E-state index in [9.17, 15) is 9.59 Å². The number of carbonyl (C=O) groups is 2. The summed E-state index contributed by atoms with van der Waals surface area (Å²) in [6.45, 7) is 4.50. The Balaban J connectivity index is 1.37. The Morgan fingerprint density at radius 2 is 1.89 bits per heavy atom. The number of amides is 3. The number of benzene rings is 1. The molecule has 7 nitrogen and oxygen atoms in total. The van der Waals surface area contributed by atoms with Gasteiger partial charge in [-0.15, -0.1) is 0 Å². The molecule has 0 aliphatic carbocycles. The van der Waals surface area contributed by atoms with Crippen LogP contribution >= 0.6 is 0 Å². The fourth-order valence-electron chi connectivity index (χ4n) is 4.26. The van der Waals surface area contributed by atoms with E-state index in [0.717, 1.165) is 24.2 Å². The van der Waals surface area contributed by atoms with Gasteiger partial charge in [0.25, 0.3) is 0 Å². The molecule has 0 unspecified atom stereocenters. The van der Waals surface area contributed by atoms with E-state index >= 15 is 0 Å². The Labute approximate surface area is 159 Å². The molecule has 0 spiro atoms. The van der Waals surface area contributed by atoms with E-state index in [1.807, 2.05) is 39.0 Å². The molecule has 3 aliphatic heterocycles. The van der Waals surface area contributed by atoms with E-state index in [2.05, 4.69) is 0 Å². The van der Waals surface area contributed by atoms with Gasteiger partial charge < -0.3 is 24.2 Å². The van der Waals surface area contributed by atoms with Crippen LogP contribution in [0.4, 0.5) is 4.79 Å². The second kappa shape index (κ2) is 7.76. The van der Waals surface area contributed by atoms with Crippen molar-refractivity contribution in [3.8, 4) is 5.75 Å². The average molecular weight is 373 g/mol. The minimum atomic E-state index is 0.0778. The number of piperazine rings is 1. The smallest absolute Gasteiger partial charge is 0.320 e. The molecule has 3 amide bonds. The number of carbonyl (C=O) groups excluding carboxylic acids is 2. The monoisotopic (exact) mass is 373 g/mol. The van der Waals surface area contributed by atoms with E-state index in [0.29, 0.717) is 45.9 Å². The first-order valence-corrected chi connectivity index (χ1v) is 9.70. The predicted molar refractivity (Wildman–Crippen MR) is 99.4 cm³/mol. The summed E-state index contributed by atoms with van der Waals surface area (Å²) in [6.07, 6.45) is 1.62. The number of nitrogens with zero attached hydrogens (tertiary/aromatic N) is 3. The number of fused-ring (bicyclic) bond motifs is 1. The molecular weight excluding hydrogens is 346 g/mol. The van der Waals surface area contributed by atoms with Gasteiger partial charge >= 0.3 is 6.03 Å². The van der Waals surface area contributed by atoms with Crippen LogP contribution in [0.2, 0.25) is 0 Å². The largest absolute Gasteiger partial charge is 0.497 e. The number of ether oxygens (including phenoxy) is 2. The summed E-state index contributed by atoms with van der Waals surface area (Å²) in [7, 11) is 1.64. The lowest BCUT2D eigenvalue weighted by atomic mass is 9.98. The normalized spacial score (nSPS) is 23.5. The molecule has 27 heavy (non-hydrogen) atoms. The maximum absolute atomic E-state index is 12.8. The van der Waals surface area contributed by atoms with Crippen LogP contribution < -0.4 is 4.74 Å². The molecule has 0 bridgehead atoms. The van der Waals surface area contributed by atoms with Crippen molar-refractivity contribution >= 4 is 11.9 Å². The Kier molecular flexibility index (Phi) is 5.20. The molecular formula is C20H27N3O4. The molecule has 146 valence electrons. The summed E-state index contributed by atoms with van der Waals surface area (Å²) in [5, 5.41) is 0. The minimum absolute atomic E-state index is 0.0778. The fraction of sp³-hybridized carbons (Fsp3) is 0.600. The lowest BCUT2D eigenvalue weighted by molar-refractivity contribution is -0.140. The van der Waals surface area contributed by atoms with Crippen LogP contribution in [0.3, 0.4) is 0 Å². The SMILES string of the molecule is COc1ccc(CN2C[C@H]3CN(C(=O)C4CCOCC4)CCN3C2=O)cc1. The van der Waals surface area contributed by atoms with E-state index in [1.165, 1.54) is 0 Å². The van der Waals surface area contributed by atoms with Crippen molar-refractivity contribution < 1.29 is 19.1 Å². The topological polar surface area (TPSA) is 62.3 Å². The summed E-state index contributed by atoms with van der Waals surface area (Å²) in [4.78, 5) is 31.3. The van der Waals surface area contributed by atoms with Gasteiger partial charge in [0.15, 0.2) is 0 Å². The van der Waals surface area contributed by atoms with E-state index in [-0.39, 0.29) is 23.9 Å². The van der Waals surface area contributed by atoms with Gasteiger partial charge in [0.2, 0.25) is 5.91 Å². The van der Waals surface area contributed by atoms with Crippen molar-refractivity contribution in [1.82, 2.24) is 14.7 Å². The van der Waals surface area contributed by atoms with Crippen molar-refractivity contribution in [1.29, 1.82) is 0 Å². The van der Waals surface area contributed by atoms with Gasteiger partial charge in [0, 0.05) is 51.9 Å². The van der Waals surface area contributed by atoms with Crippen LogP contribution in [0.25, 0.3) is 0 Å². The van der Waals surface area contributed by atoms with Gasteiger partial charge in [-0.3, -0.25) is 4.79 Å². The van der Waals surface area contributed by atoms with Crippen molar-refractivity contribution in [2.24, 2.45) is 5.92 Å². The Hall–Kier alpha value is -2.28. The standard InChI is InChI=1S/C20H27N3O4/c1-26-18-4-2-15(3-5-18)12-22-14-17-13-21(8-9-23(17)20(22)25)19(24)16-6-10-27-11-7-16/h2-5,16-17H,6-14H2,1H3/t17-/m1/s1. The van der Waals surface area contributed by atoms with Crippen LogP contribution in [0.5, 0.6) is 5.75 Å². The molecule has 0 N–H and O–H groups in total. The van der Waals surface area contributed by atoms with Crippen LogP contribution in [-0.4, -0.2) is 79.2 Å². The number of urea groups is 1. The summed E-state index contributed by atoms with van der Waals surface area (Å²) < 4.78 is 10.6. The molecule has 0 radical (unpaired) electrons. The van der Waals surface area contributed by atoms with Crippen LogP contribution in [0.1, 0.15) is 18.4 Å². The molecule has 1 aromatic carbocycles. The third-order valence-electron chi connectivity index (χ3n) is 5.84. The molecule has 7 heteroatoms. The lowest BCUT2D eigenvalue weighted by Gasteiger charge is -2.38. The lowest BCUT2D eigenvalue weighted by Crippen LogP contribution is -2.55. The van der Waals surface area contributed by atoms with Crippen molar-refractivity contribution in [3.05, 3.63) is 29.8 Å². The summed E-state index contributed by atoms with van der Waals surface area (Å²) in [5.74, 6) is 1.13. The van der Waals surface area contributed by atoms with E-state index < -0.39 is 0 Å². The van der Waals surface area contributed by atoms with Gasteiger partial charge in [0.05, 0.1) is 13.2 Å². The first kappa shape index (κ1) is 18.1. The van der Waals surface area contributed by atoms with Gasteiger partial charge in [-0.2, -0.15) is 0 Å². The van der Waals surface area contributed by atoms with Crippen molar-refractivity contribution in [2.45, 2.75) is 25.4 Å². The minimum Gasteiger partial charge on any atom is -0.497 e.